The van der Waals surface area contributed by atoms with E-state index in [0.29, 0.717) is 16.8 Å². The second kappa shape index (κ2) is 8.50. The Morgan fingerprint density at radius 1 is 1.21 bits per heavy atom. The molecule has 29 heavy (non-hydrogen) atoms. The number of para-hydroxylation sites is 1. The van der Waals surface area contributed by atoms with E-state index in [-0.39, 0.29) is 24.2 Å². The van der Waals surface area contributed by atoms with Crippen LogP contribution in [0.4, 0.5) is 18.9 Å². The molecule has 2 aromatic rings. The minimum atomic E-state index is -4.49. The molecule has 1 fully saturated rings. The van der Waals surface area contributed by atoms with Crippen molar-refractivity contribution in [2.24, 2.45) is 5.92 Å². The Morgan fingerprint density at radius 3 is 2.62 bits per heavy atom. The Kier molecular flexibility index (Phi) is 6.05. The zero-order chi connectivity index (χ0) is 21.0. The molecule has 0 saturated heterocycles. The van der Waals surface area contributed by atoms with E-state index in [1.54, 1.807) is 31.3 Å². The SMILES string of the molecule is CN(C(=O)C1CC1)c1ccccc1C(=O)NCc1cccnc1OCC(F)(F)F. The van der Waals surface area contributed by atoms with Crippen LogP contribution in [-0.4, -0.2) is 36.6 Å². The molecular formula is C20H20F3N3O3. The molecule has 0 unspecified atom stereocenters. The number of nitrogens with zero attached hydrogens (tertiary/aromatic N) is 2. The van der Waals surface area contributed by atoms with Gasteiger partial charge in [0.15, 0.2) is 6.61 Å². The molecule has 9 heteroatoms. The van der Waals surface area contributed by atoms with Gasteiger partial charge in [0.2, 0.25) is 11.8 Å². The van der Waals surface area contributed by atoms with E-state index in [2.05, 4.69) is 10.3 Å². The monoisotopic (exact) mass is 407 g/mol. The van der Waals surface area contributed by atoms with Gasteiger partial charge in [0.1, 0.15) is 0 Å². The maximum atomic E-state index is 12.7. The van der Waals surface area contributed by atoms with Crippen LogP contribution in [0.15, 0.2) is 42.6 Å². The number of ether oxygens (including phenoxy) is 1. The minimum Gasteiger partial charge on any atom is -0.468 e. The zero-order valence-corrected chi connectivity index (χ0v) is 15.7. The van der Waals surface area contributed by atoms with Crippen LogP contribution in [0, 0.1) is 5.92 Å². The van der Waals surface area contributed by atoms with E-state index in [0.717, 1.165) is 12.8 Å². The summed E-state index contributed by atoms with van der Waals surface area (Å²) >= 11 is 0. The first-order valence-electron chi connectivity index (χ1n) is 9.04. The number of carbonyl (C=O) groups is 2. The number of rotatable bonds is 7. The topological polar surface area (TPSA) is 71.5 Å². The third kappa shape index (κ3) is 5.46. The Hall–Kier alpha value is -3.10. The van der Waals surface area contributed by atoms with Crippen LogP contribution in [0.2, 0.25) is 0 Å². The number of hydrogen-bond acceptors (Lipinski definition) is 4. The van der Waals surface area contributed by atoms with Crippen LogP contribution >= 0.6 is 0 Å². The summed E-state index contributed by atoms with van der Waals surface area (Å²) in [5.74, 6) is -0.693. The van der Waals surface area contributed by atoms with E-state index < -0.39 is 18.7 Å². The Morgan fingerprint density at radius 2 is 1.93 bits per heavy atom. The Labute approximate surface area is 165 Å². The maximum absolute atomic E-state index is 12.7. The maximum Gasteiger partial charge on any atom is 0.422 e. The average Bonchev–Trinajstić information content (AvgIpc) is 3.54. The number of nitrogens with one attached hydrogen (secondary N) is 1. The van der Waals surface area contributed by atoms with Crippen molar-refractivity contribution < 1.29 is 27.5 Å². The molecular weight excluding hydrogens is 387 g/mol. The summed E-state index contributed by atoms with van der Waals surface area (Å²) in [7, 11) is 1.62. The number of aromatic nitrogens is 1. The number of benzene rings is 1. The first-order chi connectivity index (χ1) is 13.8. The van der Waals surface area contributed by atoms with Crippen molar-refractivity contribution in [1.82, 2.24) is 10.3 Å². The number of amides is 2. The molecule has 0 spiro atoms. The van der Waals surface area contributed by atoms with E-state index in [1.165, 1.54) is 23.2 Å². The van der Waals surface area contributed by atoms with Crippen molar-refractivity contribution in [3.8, 4) is 5.88 Å². The zero-order valence-electron chi connectivity index (χ0n) is 15.7. The lowest BCUT2D eigenvalue weighted by Gasteiger charge is -2.20. The van der Waals surface area contributed by atoms with Crippen molar-refractivity contribution >= 4 is 17.5 Å². The van der Waals surface area contributed by atoms with Gasteiger partial charge < -0.3 is 15.0 Å². The molecule has 1 saturated carbocycles. The second-order valence-electron chi connectivity index (χ2n) is 6.74. The summed E-state index contributed by atoms with van der Waals surface area (Å²) in [5, 5.41) is 2.65. The summed E-state index contributed by atoms with van der Waals surface area (Å²) in [6.07, 6.45) is -1.49. The standard InChI is InChI=1S/C20H20F3N3O3/c1-26(19(28)13-8-9-13)16-7-3-2-6-15(16)17(27)25-11-14-5-4-10-24-18(14)29-12-20(21,22)23/h2-7,10,13H,8-9,11-12H2,1H3,(H,25,27). The fourth-order valence-electron chi connectivity index (χ4n) is 2.79. The lowest BCUT2D eigenvalue weighted by atomic mass is 10.1. The molecule has 1 aromatic heterocycles. The molecule has 1 aliphatic carbocycles. The normalized spacial score (nSPS) is 13.7. The van der Waals surface area contributed by atoms with Gasteiger partial charge in [-0.25, -0.2) is 4.98 Å². The molecule has 0 atom stereocenters. The number of hydrogen-bond donors (Lipinski definition) is 1. The van der Waals surface area contributed by atoms with Crippen LogP contribution in [0.25, 0.3) is 0 Å². The molecule has 6 nitrogen and oxygen atoms in total. The van der Waals surface area contributed by atoms with Gasteiger partial charge in [0.05, 0.1) is 11.3 Å². The van der Waals surface area contributed by atoms with Crippen LogP contribution in [0.5, 0.6) is 5.88 Å². The Bertz CT molecular complexity index is 898. The van der Waals surface area contributed by atoms with Gasteiger partial charge in [0, 0.05) is 31.3 Å². The van der Waals surface area contributed by atoms with Gasteiger partial charge in [0.25, 0.3) is 5.91 Å². The molecule has 1 heterocycles. The van der Waals surface area contributed by atoms with E-state index >= 15 is 0 Å². The third-order valence-corrected chi connectivity index (χ3v) is 4.43. The number of alkyl halides is 3. The fourth-order valence-corrected chi connectivity index (χ4v) is 2.79. The van der Waals surface area contributed by atoms with E-state index in [9.17, 15) is 22.8 Å². The summed E-state index contributed by atoms with van der Waals surface area (Å²) in [6, 6.07) is 9.73. The predicted octanol–water partition coefficient (Wildman–Crippen LogP) is 3.33. The number of halogens is 3. The molecule has 154 valence electrons. The van der Waals surface area contributed by atoms with Gasteiger partial charge >= 0.3 is 6.18 Å². The van der Waals surface area contributed by atoms with Crippen LogP contribution in [0.1, 0.15) is 28.8 Å². The first kappa shape index (κ1) is 20.6. The Balaban J connectivity index is 1.70. The fraction of sp³-hybridized carbons (Fsp3) is 0.350. The van der Waals surface area contributed by atoms with Gasteiger partial charge in [-0.1, -0.05) is 18.2 Å². The predicted molar refractivity (Wildman–Crippen MR) is 99.5 cm³/mol. The quantitative estimate of drug-likeness (QED) is 0.764. The second-order valence-corrected chi connectivity index (χ2v) is 6.74. The van der Waals surface area contributed by atoms with Gasteiger partial charge in [-0.3, -0.25) is 9.59 Å². The van der Waals surface area contributed by atoms with Crippen molar-refractivity contribution in [2.75, 3.05) is 18.6 Å². The molecule has 1 aromatic carbocycles. The smallest absolute Gasteiger partial charge is 0.422 e. The number of carbonyl (C=O) groups excluding carboxylic acids is 2. The summed E-state index contributed by atoms with van der Waals surface area (Å²) in [6.45, 7) is -1.55. The molecule has 2 amide bonds. The minimum absolute atomic E-state index is 0.000139. The highest BCUT2D eigenvalue weighted by Gasteiger charge is 2.33. The van der Waals surface area contributed by atoms with Crippen LogP contribution in [0.3, 0.4) is 0 Å². The van der Waals surface area contributed by atoms with Crippen LogP contribution < -0.4 is 15.0 Å². The third-order valence-electron chi connectivity index (χ3n) is 4.43. The van der Waals surface area contributed by atoms with E-state index in [4.69, 9.17) is 4.74 Å². The molecule has 0 bridgehead atoms. The molecule has 3 rings (SSSR count). The summed E-state index contributed by atoms with van der Waals surface area (Å²) in [4.78, 5) is 30.3. The van der Waals surface area contributed by atoms with Crippen LogP contribution in [-0.2, 0) is 11.3 Å². The van der Waals surface area contributed by atoms with Gasteiger partial charge in [-0.15, -0.1) is 0 Å². The summed E-state index contributed by atoms with van der Waals surface area (Å²) in [5.41, 5.74) is 1.08. The van der Waals surface area contributed by atoms with E-state index in [1.807, 2.05) is 0 Å². The number of pyridine rings is 1. The van der Waals surface area contributed by atoms with Crippen molar-refractivity contribution in [1.29, 1.82) is 0 Å². The molecule has 0 radical (unpaired) electrons. The van der Waals surface area contributed by atoms with Gasteiger partial charge in [-0.05, 0) is 31.0 Å². The lowest BCUT2D eigenvalue weighted by Crippen LogP contribution is -2.31. The highest BCUT2D eigenvalue weighted by Crippen LogP contribution is 2.33. The lowest BCUT2D eigenvalue weighted by molar-refractivity contribution is -0.154. The first-order valence-corrected chi connectivity index (χ1v) is 9.04. The summed E-state index contributed by atoms with van der Waals surface area (Å²) < 4.78 is 41.9. The molecule has 1 N–H and O–H groups in total. The van der Waals surface area contributed by atoms with Crippen molar-refractivity contribution in [2.45, 2.75) is 25.6 Å². The highest BCUT2D eigenvalue weighted by molar-refractivity contribution is 6.05. The van der Waals surface area contributed by atoms with Crippen molar-refractivity contribution in [3.05, 3.63) is 53.7 Å². The van der Waals surface area contributed by atoms with Crippen molar-refractivity contribution in [3.63, 3.8) is 0 Å². The van der Waals surface area contributed by atoms with Gasteiger partial charge in [-0.2, -0.15) is 13.2 Å². The molecule has 0 aliphatic heterocycles. The number of anilines is 1. The average molecular weight is 407 g/mol. The highest BCUT2D eigenvalue weighted by atomic mass is 19.4. The molecule has 1 aliphatic rings. The largest absolute Gasteiger partial charge is 0.468 e.